The van der Waals surface area contributed by atoms with Crippen LogP contribution in [-0.4, -0.2) is 57.3 Å². The lowest BCUT2D eigenvalue weighted by atomic mass is 10.1. The van der Waals surface area contributed by atoms with Gasteiger partial charge < -0.3 is 19.8 Å². The molecule has 1 aliphatic heterocycles. The molecule has 1 aromatic heterocycles. The molecule has 11 heteroatoms. The van der Waals surface area contributed by atoms with Gasteiger partial charge in [0.2, 0.25) is 11.6 Å². The number of quaternary nitrogens is 1. The molecular formula is C32H46N5O4Si2+. The number of para-hydroxylation sites is 1. The molecule has 1 atom stereocenters. The maximum absolute atomic E-state index is 12.1. The van der Waals surface area contributed by atoms with Gasteiger partial charge in [0.05, 0.1) is 12.2 Å². The average Bonchev–Trinajstić information content (AvgIpc) is 3.50. The number of nitrogens with zero attached hydrogens (tertiary/aromatic N) is 4. The topological polar surface area (TPSA) is 101 Å². The van der Waals surface area contributed by atoms with Crippen LogP contribution in [0.1, 0.15) is 27.3 Å². The predicted molar refractivity (Wildman–Crippen MR) is 179 cm³/mol. The van der Waals surface area contributed by atoms with Crippen LogP contribution >= 0.6 is 0 Å². The van der Waals surface area contributed by atoms with Crippen LogP contribution in [0.2, 0.25) is 51.4 Å². The van der Waals surface area contributed by atoms with Crippen molar-refractivity contribution in [3.05, 3.63) is 83.4 Å². The number of carbonyl (C=O) groups excluding carboxylic acids is 1. The number of aryl methyl sites for hydroxylation is 1. The smallest absolute Gasteiger partial charge is 0.254 e. The Morgan fingerprint density at radius 3 is 2.37 bits per heavy atom. The molecule has 0 spiro atoms. The first-order valence-electron chi connectivity index (χ1n) is 14.8. The molecule has 2 N–H and O–H groups in total. The van der Waals surface area contributed by atoms with Crippen molar-refractivity contribution in [3.8, 4) is 5.75 Å². The van der Waals surface area contributed by atoms with Crippen molar-refractivity contribution in [3.63, 3.8) is 0 Å². The summed E-state index contributed by atoms with van der Waals surface area (Å²) in [5, 5.41) is 5.10. The van der Waals surface area contributed by atoms with Crippen LogP contribution in [0, 0.1) is 6.92 Å². The average molecular weight is 621 g/mol. The molecule has 2 aromatic carbocycles. The number of hydrogen-bond acceptors (Lipinski definition) is 6. The fourth-order valence-corrected chi connectivity index (χ4v) is 6.06. The zero-order chi connectivity index (χ0) is 31.3. The highest BCUT2D eigenvalue weighted by Gasteiger charge is 2.45. The number of amides is 1. The van der Waals surface area contributed by atoms with Crippen molar-refractivity contribution in [2.45, 2.75) is 65.0 Å². The lowest BCUT2D eigenvalue weighted by molar-refractivity contribution is -0.121. The molecule has 0 saturated heterocycles. The Hall–Kier alpha value is -3.36. The maximum atomic E-state index is 12.1. The summed E-state index contributed by atoms with van der Waals surface area (Å²) in [4.78, 5) is 23.2. The highest BCUT2D eigenvalue weighted by molar-refractivity contribution is 6.76. The minimum atomic E-state index is -1.30. The van der Waals surface area contributed by atoms with E-state index in [1.54, 1.807) is 12.3 Å². The van der Waals surface area contributed by atoms with Crippen LogP contribution in [0.15, 0.2) is 66.0 Å². The summed E-state index contributed by atoms with van der Waals surface area (Å²) in [6, 6.07) is 15.4. The van der Waals surface area contributed by atoms with E-state index in [0.717, 1.165) is 47.0 Å². The third-order valence-electron chi connectivity index (χ3n) is 7.18. The summed E-state index contributed by atoms with van der Waals surface area (Å²) in [6.07, 6.45) is 7.59. The van der Waals surface area contributed by atoms with Gasteiger partial charge in [-0.1, -0.05) is 57.5 Å². The lowest BCUT2D eigenvalue weighted by Crippen LogP contribution is -2.48. The number of nitrogens with two attached hydrogens (primary N) is 1. The molecule has 1 amide bonds. The van der Waals surface area contributed by atoms with E-state index in [-0.39, 0.29) is 11.5 Å². The molecule has 0 fully saturated rings. The highest BCUT2D eigenvalue weighted by atomic mass is 28.3. The normalized spacial score (nSPS) is 16.9. The molecule has 1 aliphatic rings. The number of benzene rings is 2. The molecule has 9 nitrogen and oxygen atoms in total. The lowest BCUT2D eigenvalue weighted by Gasteiger charge is -2.27. The summed E-state index contributed by atoms with van der Waals surface area (Å²) in [7, 11) is -2.46. The van der Waals surface area contributed by atoms with E-state index in [1.807, 2.05) is 66.2 Å². The van der Waals surface area contributed by atoms with Gasteiger partial charge >= 0.3 is 0 Å². The standard InChI is InChI=1S/C32H45N5O4Si2/c1-25-12-13-26(22-28(25)32(33)38)41-37(24-40-19-21-43(5,6)7)30-11-9-8-10-27(30)29(35-37)14-15-31-34-16-17-36(31)23-39-18-20-42(2,3)4/h8-17,22H,18-21,23-24H2,1-7H3,(H-,33,38)/p+1/b15-14+. The van der Waals surface area contributed by atoms with Gasteiger partial charge in [-0.05, 0) is 54.0 Å². The first-order chi connectivity index (χ1) is 20.3. The van der Waals surface area contributed by atoms with E-state index in [1.165, 1.54) is 0 Å². The van der Waals surface area contributed by atoms with Crippen molar-refractivity contribution in [1.29, 1.82) is 0 Å². The molecule has 43 heavy (non-hydrogen) atoms. The maximum Gasteiger partial charge on any atom is 0.254 e. The number of aromatic nitrogens is 2. The number of hydroxylamine groups is 1. The molecule has 4 rings (SSSR count). The van der Waals surface area contributed by atoms with Gasteiger partial charge in [-0.2, -0.15) is 0 Å². The van der Waals surface area contributed by atoms with Gasteiger partial charge in [0, 0.05) is 57.6 Å². The summed E-state index contributed by atoms with van der Waals surface area (Å²) in [5.74, 6) is 0.743. The largest absolute Gasteiger partial charge is 0.366 e. The Morgan fingerprint density at radius 2 is 1.67 bits per heavy atom. The van der Waals surface area contributed by atoms with Crippen LogP contribution < -0.4 is 15.3 Å². The van der Waals surface area contributed by atoms with Gasteiger partial charge in [-0.3, -0.25) is 9.63 Å². The Bertz CT molecular complexity index is 1490. The SMILES string of the molecule is Cc1ccc(O[N+]2(COCC[Si](C)(C)C)N=C(/C=C/c3nccn3COCC[Si](C)(C)C)c3ccccc32)cc1C(N)=O. The zero-order valence-corrected chi connectivity index (χ0v) is 28.6. The van der Waals surface area contributed by atoms with Gasteiger partial charge in [-0.25, -0.2) is 4.98 Å². The van der Waals surface area contributed by atoms with E-state index in [2.05, 4.69) is 44.3 Å². The van der Waals surface area contributed by atoms with Crippen molar-refractivity contribution in [2.75, 3.05) is 19.9 Å². The number of rotatable bonds is 15. The molecule has 230 valence electrons. The number of hydrogen-bond donors (Lipinski definition) is 1. The van der Waals surface area contributed by atoms with Crippen LogP contribution in [0.3, 0.4) is 0 Å². The van der Waals surface area contributed by atoms with Crippen molar-refractivity contribution < 1.29 is 19.1 Å². The van der Waals surface area contributed by atoms with Gasteiger partial charge in [0.1, 0.15) is 18.3 Å². The molecule has 1 unspecified atom stereocenters. The molecule has 0 bridgehead atoms. The Morgan fingerprint density at radius 1 is 0.977 bits per heavy atom. The number of imidazole rings is 1. The van der Waals surface area contributed by atoms with E-state index in [9.17, 15) is 4.79 Å². The van der Waals surface area contributed by atoms with Crippen LogP contribution in [0.4, 0.5) is 5.69 Å². The predicted octanol–water partition coefficient (Wildman–Crippen LogP) is 6.65. The molecule has 3 aromatic rings. The number of fused-ring (bicyclic) bond motifs is 1. The summed E-state index contributed by atoms with van der Waals surface area (Å²) >= 11 is 0. The van der Waals surface area contributed by atoms with Crippen molar-refractivity contribution in [1.82, 2.24) is 14.3 Å². The van der Waals surface area contributed by atoms with E-state index < -0.39 is 22.1 Å². The zero-order valence-electron chi connectivity index (χ0n) is 26.6. The molecular weight excluding hydrogens is 575 g/mol. The second kappa shape index (κ2) is 13.5. The Kier molecular flexibility index (Phi) is 10.2. The van der Waals surface area contributed by atoms with Crippen LogP contribution in [0.25, 0.3) is 6.08 Å². The summed E-state index contributed by atoms with van der Waals surface area (Å²) in [5.41, 5.74) is 9.35. The molecule has 0 aliphatic carbocycles. The fraction of sp³-hybridized carbons (Fsp3) is 0.406. The third-order valence-corrected chi connectivity index (χ3v) is 10.6. The first-order valence-corrected chi connectivity index (χ1v) is 22.2. The number of ether oxygens (including phenoxy) is 2. The highest BCUT2D eigenvalue weighted by Crippen LogP contribution is 2.37. The van der Waals surface area contributed by atoms with Crippen molar-refractivity contribution >= 4 is 39.5 Å². The van der Waals surface area contributed by atoms with Gasteiger partial charge in [0.25, 0.3) is 6.73 Å². The fourth-order valence-electron chi connectivity index (χ4n) is 4.54. The monoisotopic (exact) mass is 620 g/mol. The molecule has 0 radical (unpaired) electrons. The van der Waals surface area contributed by atoms with Gasteiger partial charge in [0.15, 0.2) is 5.75 Å². The van der Waals surface area contributed by atoms with Crippen molar-refractivity contribution in [2.24, 2.45) is 10.8 Å². The van der Waals surface area contributed by atoms with Gasteiger partial charge in [-0.15, -0.1) is 0 Å². The number of allylic oxidation sites excluding steroid dienone is 1. The second-order valence-electron chi connectivity index (χ2n) is 13.4. The minimum Gasteiger partial charge on any atom is -0.366 e. The summed E-state index contributed by atoms with van der Waals surface area (Å²) in [6.45, 7) is 17.8. The second-order valence-corrected chi connectivity index (χ2v) is 24.7. The van der Waals surface area contributed by atoms with Crippen LogP contribution in [-0.2, 0) is 16.2 Å². The van der Waals surface area contributed by atoms with Crippen LogP contribution in [0.5, 0.6) is 5.75 Å². The molecule has 0 saturated carbocycles. The molecule has 2 heterocycles. The summed E-state index contributed by atoms with van der Waals surface area (Å²) < 4.78 is 13.9. The van der Waals surface area contributed by atoms with E-state index >= 15 is 0 Å². The minimum absolute atomic E-state index is 0.165. The Labute approximate surface area is 257 Å². The number of primary amides is 1. The Balaban J connectivity index is 1.64. The van der Waals surface area contributed by atoms with E-state index in [0.29, 0.717) is 24.7 Å². The number of carbonyl (C=O) groups is 1. The quantitative estimate of drug-likeness (QED) is 0.117. The van der Waals surface area contributed by atoms with E-state index in [4.69, 9.17) is 25.1 Å². The third kappa shape index (κ3) is 8.83. The first kappa shape index (κ1) is 32.6.